The van der Waals surface area contributed by atoms with Crippen molar-refractivity contribution in [3.05, 3.63) is 69.6 Å². The van der Waals surface area contributed by atoms with Crippen molar-refractivity contribution in [2.75, 3.05) is 19.2 Å². The van der Waals surface area contributed by atoms with Gasteiger partial charge in [0.15, 0.2) is 0 Å². The van der Waals surface area contributed by atoms with Crippen molar-refractivity contribution >= 4 is 28.4 Å². The minimum atomic E-state index is -0.419. The molecule has 3 aromatic rings. The number of rotatable bonds is 6. The Morgan fingerprint density at radius 2 is 1.88 bits per heavy atom. The first kappa shape index (κ1) is 17.6. The van der Waals surface area contributed by atoms with Crippen LogP contribution in [0.1, 0.15) is 5.56 Å². The van der Waals surface area contributed by atoms with E-state index < -0.39 is 4.92 Å². The second-order valence-corrected chi connectivity index (χ2v) is 6.20. The molecule has 1 heterocycles. The minimum Gasteiger partial charge on any atom is -0.497 e. The summed E-state index contributed by atoms with van der Waals surface area (Å²) < 4.78 is 5.13. The van der Waals surface area contributed by atoms with Gasteiger partial charge in [-0.25, -0.2) is 9.99 Å². The number of aromatic nitrogens is 1. The van der Waals surface area contributed by atoms with Gasteiger partial charge in [-0.1, -0.05) is 0 Å². The molecule has 26 heavy (non-hydrogen) atoms. The summed E-state index contributed by atoms with van der Waals surface area (Å²) >= 11 is 1.45. The first-order valence-electron chi connectivity index (χ1n) is 7.69. The van der Waals surface area contributed by atoms with Crippen LogP contribution >= 0.6 is 11.3 Å². The zero-order chi connectivity index (χ0) is 18.5. The van der Waals surface area contributed by atoms with Gasteiger partial charge in [0, 0.05) is 30.1 Å². The molecule has 0 bridgehead atoms. The fourth-order valence-electron chi connectivity index (χ4n) is 2.19. The van der Waals surface area contributed by atoms with Crippen molar-refractivity contribution in [3.8, 4) is 17.0 Å². The van der Waals surface area contributed by atoms with Crippen LogP contribution in [0.2, 0.25) is 0 Å². The van der Waals surface area contributed by atoms with Gasteiger partial charge in [-0.2, -0.15) is 5.10 Å². The number of anilines is 1. The molecule has 1 aromatic heterocycles. The monoisotopic (exact) mass is 368 g/mol. The summed E-state index contributed by atoms with van der Waals surface area (Å²) in [6.45, 7) is 0. The van der Waals surface area contributed by atoms with Crippen LogP contribution in [-0.4, -0.2) is 30.3 Å². The quantitative estimate of drug-likeness (QED) is 0.370. The Hall–Kier alpha value is -3.26. The molecule has 0 aliphatic rings. The Kier molecular flexibility index (Phi) is 5.23. The van der Waals surface area contributed by atoms with Crippen LogP contribution in [0.25, 0.3) is 11.3 Å². The Labute approximate surface area is 154 Å². The fourth-order valence-corrected chi connectivity index (χ4v) is 2.95. The smallest absolute Gasteiger partial charge is 0.269 e. The van der Waals surface area contributed by atoms with Gasteiger partial charge in [0.25, 0.3) is 5.69 Å². The van der Waals surface area contributed by atoms with Crippen LogP contribution < -0.4 is 9.75 Å². The Morgan fingerprint density at radius 3 is 2.50 bits per heavy atom. The summed E-state index contributed by atoms with van der Waals surface area (Å²) in [6, 6.07) is 13.9. The molecule has 0 radical (unpaired) electrons. The molecule has 0 saturated carbocycles. The van der Waals surface area contributed by atoms with E-state index in [1.165, 1.54) is 23.5 Å². The third kappa shape index (κ3) is 4.04. The maximum atomic E-state index is 10.7. The van der Waals surface area contributed by atoms with Crippen LogP contribution in [0, 0.1) is 10.1 Å². The van der Waals surface area contributed by atoms with Gasteiger partial charge in [0.1, 0.15) is 5.75 Å². The molecule has 0 fully saturated rings. The van der Waals surface area contributed by atoms with Crippen LogP contribution in [-0.2, 0) is 0 Å². The number of hydrogen-bond donors (Lipinski definition) is 0. The lowest BCUT2D eigenvalue weighted by Gasteiger charge is -2.08. The maximum Gasteiger partial charge on any atom is 0.269 e. The lowest BCUT2D eigenvalue weighted by atomic mass is 10.1. The zero-order valence-electron chi connectivity index (χ0n) is 14.2. The van der Waals surface area contributed by atoms with Crippen LogP contribution in [0.15, 0.2) is 59.0 Å². The number of nitro benzene ring substituents is 1. The molecule has 3 rings (SSSR count). The molecule has 8 heteroatoms. The average molecular weight is 368 g/mol. The third-order valence-electron chi connectivity index (χ3n) is 3.64. The number of benzene rings is 2. The molecule has 7 nitrogen and oxygen atoms in total. The molecule has 0 aliphatic carbocycles. The number of nitrogens with zero attached hydrogens (tertiary/aromatic N) is 4. The highest BCUT2D eigenvalue weighted by molar-refractivity contribution is 7.14. The van der Waals surface area contributed by atoms with Crippen molar-refractivity contribution in [2.24, 2.45) is 5.10 Å². The number of hydrazone groups is 1. The first-order valence-corrected chi connectivity index (χ1v) is 8.57. The molecular formula is C18H16N4O3S. The second kappa shape index (κ2) is 7.75. The van der Waals surface area contributed by atoms with E-state index in [1.807, 2.05) is 36.7 Å². The van der Waals surface area contributed by atoms with Crippen molar-refractivity contribution in [1.82, 2.24) is 4.98 Å². The summed E-state index contributed by atoms with van der Waals surface area (Å²) in [5, 5.41) is 19.4. The molecule has 2 aromatic carbocycles. The average Bonchev–Trinajstić information content (AvgIpc) is 3.17. The molecule has 0 N–H and O–H groups in total. The summed E-state index contributed by atoms with van der Waals surface area (Å²) in [7, 11) is 3.44. The van der Waals surface area contributed by atoms with Crippen molar-refractivity contribution in [3.63, 3.8) is 0 Å². The number of hydrogen-bond acceptors (Lipinski definition) is 7. The van der Waals surface area contributed by atoms with Gasteiger partial charge in [0.05, 0.1) is 23.9 Å². The van der Waals surface area contributed by atoms with Crippen LogP contribution in [0.4, 0.5) is 10.8 Å². The van der Waals surface area contributed by atoms with E-state index in [4.69, 9.17) is 4.74 Å². The fraction of sp³-hybridized carbons (Fsp3) is 0.111. The predicted octanol–water partition coefficient (Wildman–Crippen LogP) is 4.20. The van der Waals surface area contributed by atoms with Crippen molar-refractivity contribution in [2.45, 2.75) is 0 Å². The highest BCUT2D eigenvalue weighted by atomic mass is 32.1. The SMILES string of the molecule is COc1ccc(C=NN(C)c2nc(-c3ccc([N+](=O)[O-])cc3)cs2)cc1. The lowest BCUT2D eigenvalue weighted by Crippen LogP contribution is -2.08. The van der Waals surface area contributed by atoms with Gasteiger partial charge >= 0.3 is 0 Å². The highest BCUT2D eigenvalue weighted by Gasteiger charge is 2.10. The first-order chi connectivity index (χ1) is 12.6. The number of non-ortho nitro benzene ring substituents is 1. The van der Waals surface area contributed by atoms with E-state index in [1.54, 1.807) is 30.5 Å². The third-order valence-corrected chi connectivity index (χ3v) is 4.55. The molecule has 0 atom stereocenters. The van der Waals surface area contributed by atoms with Gasteiger partial charge in [0.2, 0.25) is 5.13 Å². The van der Waals surface area contributed by atoms with E-state index >= 15 is 0 Å². The summed E-state index contributed by atoms with van der Waals surface area (Å²) in [5.74, 6) is 0.795. The van der Waals surface area contributed by atoms with E-state index in [2.05, 4.69) is 10.1 Å². The predicted molar refractivity (Wildman–Crippen MR) is 103 cm³/mol. The van der Waals surface area contributed by atoms with Gasteiger partial charge in [-0.05, 0) is 42.0 Å². The molecule has 0 saturated heterocycles. The highest BCUT2D eigenvalue weighted by Crippen LogP contribution is 2.28. The summed E-state index contributed by atoms with van der Waals surface area (Å²) in [5.41, 5.74) is 2.59. The van der Waals surface area contributed by atoms with E-state index in [9.17, 15) is 10.1 Å². The normalized spacial score (nSPS) is 10.8. The number of methoxy groups -OCH3 is 1. The zero-order valence-corrected chi connectivity index (χ0v) is 15.0. The van der Waals surface area contributed by atoms with Gasteiger partial charge in [-0.15, -0.1) is 11.3 Å². The molecule has 132 valence electrons. The van der Waals surface area contributed by atoms with E-state index in [0.29, 0.717) is 0 Å². The minimum absolute atomic E-state index is 0.0606. The number of nitro groups is 1. The Morgan fingerprint density at radius 1 is 1.19 bits per heavy atom. The van der Waals surface area contributed by atoms with Crippen molar-refractivity contribution in [1.29, 1.82) is 0 Å². The Balaban J connectivity index is 1.71. The topological polar surface area (TPSA) is 80.9 Å². The maximum absolute atomic E-state index is 10.7. The summed E-state index contributed by atoms with van der Waals surface area (Å²) in [6.07, 6.45) is 1.74. The lowest BCUT2D eigenvalue weighted by molar-refractivity contribution is -0.384. The second-order valence-electron chi connectivity index (χ2n) is 5.36. The number of ether oxygens (including phenoxy) is 1. The van der Waals surface area contributed by atoms with Crippen LogP contribution in [0.3, 0.4) is 0 Å². The van der Waals surface area contributed by atoms with Crippen molar-refractivity contribution < 1.29 is 9.66 Å². The molecule has 0 unspecified atom stereocenters. The molecule has 0 spiro atoms. The largest absolute Gasteiger partial charge is 0.497 e. The summed E-state index contributed by atoms with van der Waals surface area (Å²) in [4.78, 5) is 14.8. The van der Waals surface area contributed by atoms with Gasteiger partial charge in [-0.3, -0.25) is 10.1 Å². The van der Waals surface area contributed by atoms with Gasteiger partial charge < -0.3 is 4.74 Å². The Bertz CT molecular complexity index is 920. The number of thiazole rings is 1. The standard InChI is InChI=1S/C18H16N4O3S/c1-21(19-11-13-3-9-16(25-2)10-4-13)18-20-17(12-26-18)14-5-7-15(8-6-14)22(23)24/h3-12H,1-2H3. The molecular weight excluding hydrogens is 352 g/mol. The van der Waals surface area contributed by atoms with E-state index in [-0.39, 0.29) is 5.69 Å². The molecule has 0 amide bonds. The van der Waals surface area contributed by atoms with Crippen LogP contribution in [0.5, 0.6) is 5.75 Å². The van der Waals surface area contributed by atoms with E-state index in [0.717, 1.165) is 27.7 Å². The molecule has 0 aliphatic heterocycles.